The topological polar surface area (TPSA) is 115 Å². The van der Waals surface area contributed by atoms with E-state index in [0.717, 1.165) is 6.42 Å². The van der Waals surface area contributed by atoms with Crippen molar-refractivity contribution in [2.24, 2.45) is 11.7 Å². The molecule has 2 unspecified atom stereocenters. The molecule has 174 valence electrons. The van der Waals surface area contributed by atoms with Crippen LogP contribution in [-0.2, 0) is 11.2 Å². The first kappa shape index (κ1) is 22.8. The second-order valence-electron chi connectivity index (χ2n) is 9.01. The van der Waals surface area contributed by atoms with Gasteiger partial charge in [-0.1, -0.05) is 37.3 Å². The minimum atomic E-state index is -0.585. The number of benzene rings is 1. The van der Waals surface area contributed by atoms with Crippen LogP contribution in [-0.4, -0.2) is 45.9 Å². The number of nitrogens with two attached hydrogens (primary N) is 1. The molecule has 1 aliphatic carbocycles. The molecule has 2 atom stereocenters. The summed E-state index contributed by atoms with van der Waals surface area (Å²) in [5, 5.41) is 2.88. The van der Waals surface area contributed by atoms with E-state index in [9.17, 15) is 14.4 Å². The van der Waals surface area contributed by atoms with Gasteiger partial charge in [-0.05, 0) is 62.1 Å². The summed E-state index contributed by atoms with van der Waals surface area (Å²) in [6, 6.07) is 12.5. The number of carbonyl (C=O) groups is 3. The molecule has 2 aliphatic rings. The van der Waals surface area contributed by atoms with Gasteiger partial charge in [0, 0.05) is 12.2 Å². The van der Waals surface area contributed by atoms with Crippen molar-refractivity contribution in [2.75, 3.05) is 0 Å². The normalized spacial score (nSPS) is 23.8. The van der Waals surface area contributed by atoms with E-state index in [-0.39, 0.29) is 41.4 Å². The van der Waals surface area contributed by atoms with E-state index in [4.69, 9.17) is 10.5 Å². The Morgan fingerprint density at radius 3 is 2.58 bits per heavy atom. The Kier molecular flexibility index (Phi) is 6.91. The molecule has 1 aromatic heterocycles. The fourth-order valence-electron chi connectivity index (χ4n) is 4.81. The highest BCUT2D eigenvalue weighted by Crippen LogP contribution is 2.30. The van der Waals surface area contributed by atoms with Gasteiger partial charge in [-0.25, -0.2) is 9.78 Å². The van der Waals surface area contributed by atoms with Gasteiger partial charge in [0.05, 0.1) is 0 Å². The third-order valence-electron chi connectivity index (χ3n) is 6.44. The van der Waals surface area contributed by atoms with E-state index in [0.29, 0.717) is 32.1 Å². The summed E-state index contributed by atoms with van der Waals surface area (Å²) < 4.78 is 5.93. The van der Waals surface area contributed by atoms with Crippen molar-refractivity contribution in [1.29, 1.82) is 0 Å². The Labute approximate surface area is 193 Å². The molecule has 1 saturated carbocycles. The molecule has 0 radical (unpaired) electrons. The standard InChI is InChI=1S/C25H30N4O4/c1-16(14-17-6-3-2-4-7-17)15-21-24(31)29(25(32)28-21)18-9-11-19(12-10-18)33-23-20(22(26)30)8-5-13-27-23/h2-8,13,16,18-19,21H,9-12,14-15H2,1H3,(H2,26,30)(H,28,32)/t16?,18-,19-,21?. The number of nitrogens with zero attached hydrogens (tertiary/aromatic N) is 2. The zero-order valence-corrected chi connectivity index (χ0v) is 18.8. The summed E-state index contributed by atoms with van der Waals surface area (Å²) in [7, 11) is 0. The second kappa shape index (κ2) is 10.0. The summed E-state index contributed by atoms with van der Waals surface area (Å²) in [4.78, 5) is 42.8. The number of nitrogens with one attached hydrogen (secondary N) is 1. The lowest BCUT2D eigenvalue weighted by Crippen LogP contribution is -2.44. The van der Waals surface area contributed by atoms with Gasteiger partial charge in [-0.3, -0.25) is 14.5 Å². The summed E-state index contributed by atoms with van der Waals surface area (Å²) in [5.41, 5.74) is 6.88. The molecule has 1 saturated heterocycles. The van der Waals surface area contributed by atoms with Crippen LogP contribution < -0.4 is 15.8 Å². The van der Waals surface area contributed by atoms with Crippen molar-refractivity contribution in [3.05, 3.63) is 59.8 Å². The minimum absolute atomic E-state index is 0.134. The Morgan fingerprint density at radius 2 is 1.88 bits per heavy atom. The first-order valence-electron chi connectivity index (χ1n) is 11.5. The van der Waals surface area contributed by atoms with Gasteiger partial charge in [-0.2, -0.15) is 0 Å². The number of primary amides is 1. The van der Waals surface area contributed by atoms with Crippen molar-refractivity contribution >= 4 is 17.8 Å². The van der Waals surface area contributed by atoms with Gasteiger partial charge in [0.25, 0.3) is 11.8 Å². The molecule has 4 rings (SSSR count). The Morgan fingerprint density at radius 1 is 1.15 bits per heavy atom. The third-order valence-corrected chi connectivity index (χ3v) is 6.44. The number of rotatable bonds is 8. The van der Waals surface area contributed by atoms with Crippen molar-refractivity contribution in [3.8, 4) is 5.88 Å². The zero-order chi connectivity index (χ0) is 23.4. The lowest BCUT2D eigenvalue weighted by Gasteiger charge is -2.33. The predicted octanol–water partition coefficient (Wildman–Crippen LogP) is 3.06. The molecular formula is C25H30N4O4. The smallest absolute Gasteiger partial charge is 0.325 e. The molecule has 0 bridgehead atoms. The van der Waals surface area contributed by atoms with Gasteiger partial charge in [0.2, 0.25) is 5.88 Å². The SMILES string of the molecule is CC(Cc1ccccc1)CC1NC(=O)N([C@H]2CC[C@H](Oc3ncccc3C(N)=O)CC2)C1=O. The van der Waals surface area contributed by atoms with Gasteiger partial charge < -0.3 is 15.8 Å². The average molecular weight is 451 g/mol. The molecule has 8 heteroatoms. The molecule has 2 heterocycles. The second-order valence-corrected chi connectivity index (χ2v) is 9.01. The van der Waals surface area contributed by atoms with Gasteiger partial charge >= 0.3 is 6.03 Å². The molecule has 4 amide bonds. The minimum Gasteiger partial charge on any atom is -0.474 e. The molecule has 3 N–H and O–H groups in total. The van der Waals surface area contributed by atoms with Crippen LogP contribution in [0.25, 0.3) is 0 Å². The van der Waals surface area contributed by atoms with E-state index in [1.54, 1.807) is 18.3 Å². The highest BCUT2D eigenvalue weighted by Gasteiger charge is 2.43. The lowest BCUT2D eigenvalue weighted by molar-refractivity contribution is -0.130. The monoisotopic (exact) mass is 450 g/mol. The van der Waals surface area contributed by atoms with Gasteiger partial charge in [0.15, 0.2) is 0 Å². The fraction of sp³-hybridized carbons (Fsp3) is 0.440. The van der Waals surface area contributed by atoms with E-state index < -0.39 is 11.9 Å². The van der Waals surface area contributed by atoms with E-state index in [1.165, 1.54) is 10.5 Å². The summed E-state index contributed by atoms with van der Waals surface area (Å²) in [6.45, 7) is 2.11. The average Bonchev–Trinajstić information content (AvgIpc) is 3.08. The van der Waals surface area contributed by atoms with Crippen molar-refractivity contribution < 1.29 is 19.1 Å². The quantitative estimate of drug-likeness (QED) is 0.600. The van der Waals surface area contributed by atoms with E-state index in [2.05, 4.69) is 29.4 Å². The molecule has 2 aromatic rings. The van der Waals surface area contributed by atoms with Crippen molar-refractivity contribution in [1.82, 2.24) is 15.2 Å². The third kappa shape index (κ3) is 5.32. The molecule has 1 aromatic carbocycles. The van der Waals surface area contributed by atoms with Gasteiger partial charge in [-0.15, -0.1) is 0 Å². The Hall–Kier alpha value is -3.42. The summed E-state index contributed by atoms with van der Waals surface area (Å²) in [6.07, 6.45) is 5.51. The Balaban J connectivity index is 1.31. The Bertz CT molecular complexity index is 1000. The van der Waals surface area contributed by atoms with Crippen LogP contribution in [0.4, 0.5) is 4.79 Å². The maximum absolute atomic E-state index is 13.0. The highest BCUT2D eigenvalue weighted by atomic mass is 16.5. The number of imide groups is 1. The van der Waals surface area contributed by atoms with Crippen LogP contribution in [0.2, 0.25) is 0 Å². The first-order chi connectivity index (χ1) is 15.9. The van der Waals surface area contributed by atoms with Crippen LogP contribution >= 0.6 is 0 Å². The van der Waals surface area contributed by atoms with Crippen LogP contribution in [0.3, 0.4) is 0 Å². The van der Waals surface area contributed by atoms with Crippen molar-refractivity contribution in [2.45, 2.75) is 63.6 Å². The number of aromatic nitrogens is 1. The number of urea groups is 1. The number of ether oxygens (including phenoxy) is 1. The number of amides is 4. The van der Waals surface area contributed by atoms with Crippen LogP contribution in [0, 0.1) is 5.92 Å². The van der Waals surface area contributed by atoms with Gasteiger partial charge in [0.1, 0.15) is 17.7 Å². The highest BCUT2D eigenvalue weighted by molar-refractivity contribution is 6.04. The van der Waals surface area contributed by atoms with Crippen LogP contribution in [0.5, 0.6) is 5.88 Å². The van der Waals surface area contributed by atoms with Crippen molar-refractivity contribution in [3.63, 3.8) is 0 Å². The van der Waals surface area contributed by atoms with Crippen LogP contribution in [0.15, 0.2) is 48.7 Å². The van der Waals surface area contributed by atoms with E-state index in [1.807, 2.05) is 18.2 Å². The largest absolute Gasteiger partial charge is 0.474 e. The molecule has 2 fully saturated rings. The summed E-state index contributed by atoms with van der Waals surface area (Å²) in [5.74, 6) is -0.219. The molecule has 0 spiro atoms. The van der Waals surface area contributed by atoms with E-state index >= 15 is 0 Å². The molecule has 33 heavy (non-hydrogen) atoms. The predicted molar refractivity (Wildman–Crippen MR) is 123 cm³/mol. The maximum Gasteiger partial charge on any atom is 0.325 e. The number of pyridine rings is 1. The molecule has 8 nitrogen and oxygen atoms in total. The number of hydrogen-bond acceptors (Lipinski definition) is 5. The molecule has 1 aliphatic heterocycles. The van der Waals surface area contributed by atoms with Crippen LogP contribution in [0.1, 0.15) is 54.9 Å². The number of carbonyl (C=O) groups excluding carboxylic acids is 3. The first-order valence-corrected chi connectivity index (χ1v) is 11.5. The fourth-order valence-corrected chi connectivity index (χ4v) is 4.81. The summed E-state index contributed by atoms with van der Waals surface area (Å²) >= 11 is 0. The lowest BCUT2D eigenvalue weighted by atomic mass is 9.91. The maximum atomic E-state index is 13.0. The molecular weight excluding hydrogens is 420 g/mol. The zero-order valence-electron chi connectivity index (χ0n) is 18.8. The number of hydrogen-bond donors (Lipinski definition) is 2.